The lowest BCUT2D eigenvalue weighted by Gasteiger charge is -2.28. The normalized spacial score (nSPS) is 21.9. The highest BCUT2D eigenvalue weighted by Gasteiger charge is 2.25. The van der Waals surface area contributed by atoms with Crippen LogP contribution < -0.4 is 0 Å². The summed E-state index contributed by atoms with van der Waals surface area (Å²) in [7, 11) is 1.78. The average Bonchev–Trinajstić information content (AvgIpc) is 2.43. The van der Waals surface area contributed by atoms with Gasteiger partial charge in [-0.15, -0.1) is 0 Å². The fourth-order valence-electron chi connectivity index (χ4n) is 1.33. The maximum atomic E-state index is 10.7. The van der Waals surface area contributed by atoms with Crippen LogP contribution in [-0.2, 0) is 14.3 Å². The predicted octanol–water partition coefficient (Wildman–Crippen LogP) is -0.193. The lowest BCUT2D eigenvalue weighted by atomic mass is 10.2. The summed E-state index contributed by atoms with van der Waals surface area (Å²) in [6.07, 6.45) is 0. The molecule has 0 aromatic rings. The zero-order chi connectivity index (χ0) is 10.6. The quantitative estimate of drug-likeness (QED) is 0.688. The Morgan fingerprint density at radius 1 is 1.43 bits per heavy atom. The van der Waals surface area contributed by atoms with Crippen molar-refractivity contribution in [3.8, 4) is 0 Å². The van der Waals surface area contributed by atoms with E-state index in [9.17, 15) is 4.79 Å². The first-order valence-electron chi connectivity index (χ1n) is 4.73. The standard InChI is InChI=1S/C9H17NO4/c1-7(9(11)12)10(2)8-5-13-3-4-14-6-8/h7-8H,3-6H2,1-2H3,(H,11,12). The number of rotatable bonds is 3. The number of carboxylic acid groups (broad SMARTS) is 1. The summed E-state index contributed by atoms with van der Waals surface area (Å²) in [6.45, 7) is 3.91. The molecule has 0 aromatic carbocycles. The van der Waals surface area contributed by atoms with Crippen molar-refractivity contribution in [1.82, 2.24) is 4.90 Å². The molecule has 82 valence electrons. The Morgan fingerprint density at radius 3 is 2.36 bits per heavy atom. The van der Waals surface area contributed by atoms with Crippen LogP contribution in [0.25, 0.3) is 0 Å². The minimum absolute atomic E-state index is 0.0311. The molecule has 0 bridgehead atoms. The zero-order valence-electron chi connectivity index (χ0n) is 8.60. The van der Waals surface area contributed by atoms with Gasteiger partial charge in [0.1, 0.15) is 6.04 Å². The number of hydrogen-bond acceptors (Lipinski definition) is 4. The number of carboxylic acids is 1. The number of ether oxygens (including phenoxy) is 2. The molecule has 5 heteroatoms. The summed E-state index contributed by atoms with van der Waals surface area (Å²) in [5.41, 5.74) is 0. The zero-order valence-corrected chi connectivity index (χ0v) is 8.60. The smallest absolute Gasteiger partial charge is 0.320 e. The Labute approximate surface area is 83.6 Å². The summed E-state index contributed by atoms with van der Waals surface area (Å²) in [5, 5.41) is 8.83. The Balaban J connectivity index is 2.48. The molecule has 14 heavy (non-hydrogen) atoms. The van der Waals surface area contributed by atoms with Crippen LogP contribution in [-0.4, -0.2) is 61.5 Å². The molecule has 5 nitrogen and oxygen atoms in total. The summed E-state index contributed by atoms with van der Waals surface area (Å²) in [6, 6.07) is -0.478. The maximum Gasteiger partial charge on any atom is 0.320 e. The van der Waals surface area contributed by atoms with E-state index in [1.807, 2.05) is 0 Å². The highest BCUT2D eigenvalue weighted by molar-refractivity contribution is 5.72. The van der Waals surface area contributed by atoms with Crippen LogP contribution in [0.15, 0.2) is 0 Å². The molecule has 1 aliphatic heterocycles. The van der Waals surface area contributed by atoms with Crippen LogP contribution >= 0.6 is 0 Å². The van der Waals surface area contributed by atoms with Gasteiger partial charge in [-0.1, -0.05) is 0 Å². The molecule has 0 saturated carbocycles. The Hall–Kier alpha value is -0.650. The third kappa shape index (κ3) is 2.94. The van der Waals surface area contributed by atoms with Gasteiger partial charge >= 0.3 is 5.97 Å². The molecule has 1 N–H and O–H groups in total. The van der Waals surface area contributed by atoms with Crippen molar-refractivity contribution < 1.29 is 19.4 Å². The van der Waals surface area contributed by atoms with E-state index in [1.165, 1.54) is 0 Å². The van der Waals surface area contributed by atoms with E-state index in [1.54, 1.807) is 18.9 Å². The largest absolute Gasteiger partial charge is 0.480 e. The molecule has 0 aromatic heterocycles. The highest BCUT2D eigenvalue weighted by atomic mass is 16.5. The Morgan fingerprint density at radius 2 is 1.93 bits per heavy atom. The average molecular weight is 203 g/mol. The third-order valence-electron chi connectivity index (χ3n) is 2.54. The number of carbonyl (C=O) groups is 1. The van der Waals surface area contributed by atoms with Crippen LogP contribution in [0.3, 0.4) is 0 Å². The second kappa shape index (κ2) is 5.29. The third-order valence-corrected chi connectivity index (χ3v) is 2.54. The van der Waals surface area contributed by atoms with Crippen molar-refractivity contribution in [3.05, 3.63) is 0 Å². The summed E-state index contributed by atoms with van der Waals surface area (Å²) < 4.78 is 10.6. The lowest BCUT2D eigenvalue weighted by molar-refractivity contribution is -0.143. The van der Waals surface area contributed by atoms with Gasteiger partial charge in [0.05, 0.1) is 32.5 Å². The second-order valence-corrected chi connectivity index (χ2v) is 3.48. The fraction of sp³-hybridized carbons (Fsp3) is 0.889. The van der Waals surface area contributed by atoms with E-state index in [2.05, 4.69) is 0 Å². The van der Waals surface area contributed by atoms with Crippen LogP contribution in [0.4, 0.5) is 0 Å². The first-order valence-corrected chi connectivity index (χ1v) is 4.73. The Bertz CT molecular complexity index is 189. The molecular weight excluding hydrogens is 186 g/mol. The molecular formula is C9H17NO4. The number of likely N-dealkylation sites (N-methyl/N-ethyl adjacent to an activating group) is 1. The van der Waals surface area contributed by atoms with E-state index in [0.717, 1.165) is 0 Å². The molecule has 0 amide bonds. The van der Waals surface area contributed by atoms with Crippen LogP contribution in [0, 0.1) is 0 Å². The Kier molecular flexibility index (Phi) is 4.31. The van der Waals surface area contributed by atoms with Gasteiger partial charge in [0.15, 0.2) is 0 Å². The monoisotopic (exact) mass is 203 g/mol. The molecule has 0 aliphatic carbocycles. The second-order valence-electron chi connectivity index (χ2n) is 3.48. The van der Waals surface area contributed by atoms with Crippen molar-refractivity contribution in [3.63, 3.8) is 0 Å². The van der Waals surface area contributed by atoms with Gasteiger partial charge < -0.3 is 14.6 Å². The topological polar surface area (TPSA) is 59.0 Å². The fourth-order valence-corrected chi connectivity index (χ4v) is 1.33. The molecule has 1 rings (SSSR count). The minimum Gasteiger partial charge on any atom is -0.480 e. The van der Waals surface area contributed by atoms with E-state index >= 15 is 0 Å². The minimum atomic E-state index is -0.822. The van der Waals surface area contributed by atoms with Gasteiger partial charge in [0.25, 0.3) is 0 Å². The number of nitrogens with zero attached hydrogens (tertiary/aromatic N) is 1. The number of aliphatic carboxylic acids is 1. The van der Waals surface area contributed by atoms with Gasteiger partial charge in [-0.3, -0.25) is 9.69 Å². The van der Waals surface area contributed by atoms with Gasteiger partial charge in [0, 0.05) is 0 Å². The van der Waals surface area contributed by atoms with Gasteiger partial charge in [-0.05, 0) is 14.0 Å². The van der Waals surface area contributed by atoms with Gasteiger partial charge in [-0.2, -0.15) is 0 Å². The first kappa shape index (κ1) is 11.4. The predicted molar refractivity (Wildman–Crippen MR) is 50.3 cm³/mol. The molecule has 0 radical (unpaired) electrons. The lowest BCUT2D eigenvalue weighted by Crippen LogP contribution is -2.46. The molecule has 1 aliphatic rings. The van der Waals surface area contributed by atoms with Gasteiger partial charge in [-0.25, -0.2) is 0 Å². The van der Waals surface area contributed by atoms with E-state index < -0.39 is 12.0 Å². The van der Waals surface area contributed by atoms with E-state index in [-0.39, 0.29) is 6.04 Å². The molecule has 1 atom stereocenters. The van der Waals surface area contributed by atoms with E-state index in [4.69, 9.17) is 14.6 Å². The van der Waals surface area contributed by atoms with Crippen molar-refractivity contribution in [1.29, 1.82) is 0 Å². The molecule has 1 heterocycles. The van der Waals surface area contributed by atoms with Gasteiger partial charge in [0.2, 0.25) is 0 Å². The molecule has 1 saturated heterocycles. The van der Waals surface area contributed by atoms with Crippen LogP contribution in [0.5, 0.6) is 0 Å². The van der Waals surface area contributed by atoms with E-state index in [0.29, 0.717) is 26.4 Å². The number of hydrogen-bond donors (Lipinski definition) is 1. The molecule has 1 unspecified atom stereocenters. The SMILES string of the molecule is CC(C(=O)O)N(C)C1COCCOC1. The summed E-state index contributed by atoms with van der Waals surface area (Å²) >= 11 is 0. The summed E-state index contributed by atoms with van der Waals surface area (Å²) in [4.78, 5) is 12.5. The first-order chi connectivity index (χ1) is 6.63. The van der Waals surface area contributed by atoms with Crippen molar-refractivity contribution >= 4 is 5.97 Å². The molecule has 1 fully saturated rings. The van der Waals surface area contributed by atoms with Crippen LogP contribution in [0.1, 0.15) is 6.92 Å². The highest BCUT2D eigenvalue weighted by Crippen LogP contribution is 2.07. The summed E-state index contributed by atoms with van der Waals surface area (Å²) in [5.74, 6) is -0.822. The van der Waals surface area contributed by atoms with Crippen molar-refractivity contribution in [2.45, 2.75) is 19.0 Å². The van der Waals surface area contributed by atoms with Crippen LogP contribution in [0.2, 0.25) is 0 Å². The van der Waals surface area contributed by atoms with Crippen molar-refractivity contribution in [2.24, 2.45) is 0 Å². The van der Waals surface area contributed by atoms with Crippen molar-refractivity contribution in [2.75, 3.05) is 33.5 Å². The maximum absolute atomic E-state index is 10.7. The molecule has 0 spiro atoms.